The minimum atomic E-state index is -0.0613. The average Bonchev–Trinajstić information content (AvgIpc) is 3.30. The number of amides is 2. The van der Waals surface area contributed by atoms with E-state index in [9.17, 15) is 9.59 Å². The monoisotopic (exact) mass is 339 g/mol. The predicted molar refractivity (Wildman–Crippen MR) is 94.5 cm³/mol. The summed E-state index contributed by atoms with van der Waals surface area (Å²) in [4.78, 5) is 23.5. The Hall–Kier alpha value is -1.59. The van der Waals surface area contributed by atoms with Crippen LogP contribution in [-0.4, -0.2) is 17.9 Å². The number of hydrogen-bond acceptors (Lipinski definition) is 3. The summed E-state index contributed by atoms with van der Waals surface area (Å²) in [6.07, 6.45) is 3.12. The fourth-order valence-electron chi connectivity index (χ4n) is 2.20. The highest BCUT2D eigenvalue weighted by Crippen LogP contribution is 2.30. The maximum atomic E-state index is 11.8. The van der Waals surface area contributed by atoms with Crippen molar-refractivity contribution in [3.05, 3.63) is 29.8 Å². The third-order valence-corrected chi connectivity index (χ3v) is 3.83. The van der Waals surface area contributed by atoms with E-state index in [2.05, 4.69) is 10.6 Å². The Labute approximate surface area is 143 Å². The van der Waals surface area contributed by atoms with Gasteiger partial charge in [0.1, 0.15) is 0 Å². The molecule has 2 rings (SSSR count). The first-order valence-corrected chi connectivity index (χ1v) is 7.91. The molecule has 1 aliphatic rings. The van der Waals surface area contributed by atoms with Gasteiger partial charge in [0.15, 0.2) is 0 Å². The molecule has 0 radical (unpaired) electrons. The first-order chi connectivity index (χ1) is 10.5. The molecule has 0 saturated heterocycles. The lowest BCUT2D eigenvalue weighted by Gasteiger charge is -2.15. The van der Waals surface area contributed by atoms with Crippen molar-refractivity contribution >= 4 is 29.9 Å². The molecular weight excluding hydrogens is 314 g/mol. The van der Waals surface area contributed by atoms with Crippen molar-refractivity contribution in [2.75, 3.05) is 5.32 Å². The minimum Gasteiger partial charge on any atom is -0.350 e. The van der Waals surface area contributed by atoms with Gasteiger partial charge in [-0.15, -0.1) is 12.4 Å². The molecule has 6 heteroatoms. The lowest BCUT2D eigenvalue weighted by Crippen LogP contribution is -2.28. The predicted octanol–water partition coefficient (Wildman–Crippen LogP) is 2.76. The summed E-state index contributed by atoms with van der Waals surface area (Å²) in [6, 6.07) is 7.59. The van der Waals surface area contributed by atoms with E-state index in [-0.39, 0.29) is 42.2 Å². The van der Waals surface area contributed by atoms with E-state index in [1.54, 1.807) is 0 Å². The highest BCUT2D eigenvalue weighted by Gasteiger charge is 2.29. The van der Waals surface area contributed by atoms with Crippen LogP contribution in [0, 0.1) is 5.92 Å². The fraction of sp³-hybridized carbons (Fsp3) is 0.529. The molecule has 2 atom stereocenters. The Bertz CT molecular complexity index is 527. The zero-order valence-corrected chi connectivity index (χ0v) is 14.5. The van der Waals surface area contributed by atoms with Gasteiger partial charge >= 0.3 is 0 Å². The standard InChI is InChI=1S/C17H25N3O2.ClH/c1-11(18)3-10-16(21)19-12(2)13-6-8-15(9-7-13)20-17(22)14-4-5-14;/h6-9,11-12,14H,3-5,10,18H2,1-2H3,(H,19,21)(H,20,22);1H. The zero-order chi connectivity index (χ0) is 16.1. The number of carbonyl (C=O) groups excluding carboxylic acids is 2. The molecule has 0 aliphatic heterocycles. The largest absolute Gasteiger partial charge is 0.350 e. The molecular formula is C17H26ClN3O2. The van der Waals surface area contributed by atoms with Crippen LogP contribution in [-0.2, 0) is 9.59 Å². The zero-order valence-electron chi connectivity index (χ0n) is 13.7. The highest BCUT2D eigenvalue weighted by atomic mass is 35.5. The van der Waals surface area contributed by atoms with Crippen molar-refractivity contribution in [3.8, 4) is 0 Å². The van der Waals surface area contributed by atoms with Crippen LogP contribution < -0.4 is 16.4 Å². The molecule has 0 aromatic heterocycles. The number of nitrogens with one attached hydrogen (secondary N) is 2. The Kier molecular flexibility index (Phi) is 7.52. The van der Waals surface area contributed by atoms with Gasteiger partial charge in [-0.1, -0.05) is 12.1 Å². The molecule has 2 amide bonds. The van der Waals surface area contributed by atoms with Crippen molar-refractivity contribution in [1.82, 2.24) is 5.32 Å². The molecule has 5 nitrogen and oxygen atoms in total. The van der Waals surface area contributed by atoms with Crippen molar-refractivity contribution in [2.45, 2.75) is 51.6 Å². The SMILES string of the molecule is CC(N)CCC(=O)NC(C)c1ccc(NC(=O)C2CC2)cc1.Cl. The smallest absolute Gasteiger partial charge is 0.227 e. The first kappa shape index (κ1) is 19.5. The van der Waals surface area contributed by atoms with Crippen LogP contribution in [0.2, 0.25) is 0 Å². The fourth-order valence-corrected chi connectivity index (χ4v) is 2.20. The summed E-state index contributed by atoms with van der Waals surface area (Å²) in [6.45, 7) is 3.84. The maximum Gasteiger partial charge on any atom is 0.227 e. The number of hydrogen-bond donors (Lipinski definition) is 3. The summed E-state index contributed by atoms with van der Waals surface area (Å²) >= 11 is 0. The Morgan fingerprint density at radius 1 is 1.22 bits per heavy atom. The van der Waals surface area contributed by atoms with Gasteiger partial charge in [0.2, 0.25) is 11.8 Å². The molecule has 1 aliphatic carbocycles. The van der Waals surface area contributed by atoms with E-state index in [0.29, 0.717) is 12.8 Å². The van der Waals surface area contributed by atoms with Crippen LogP contribution in [0.15, 0.2) is 24.3 Å². The van der Waals surface area contributed by atoms with Crippen LogP contribution in [0.3, 0.4) is 0 Å². The molecule has 128 valence electrons. The lowest BCUT2D eigenvalue weighted by atomic mass is 10.1. The quantitative estimate of drug-likeness (QED) is 0.714. The molecule has 0 spiro atoms. The third-order valence-electron chi connectivity index (χ3n) is 3.83. The second-order valence-corrected chi connectivity index (χ2v) is 6.19. The van der Waals surface area contributed by atoms with Gasteiger partial charge in [0.25, 0.3) is 0 Å². The lowest BCUT2D eigenvalue weighted by molar-refractivity contribution is -0.122. The van der Waals surface area contributed by atoms with E-state index in [1.807, 2.05) is 38.1 Å². The highest BCUT2D eigenvalue weighted by molar-refractivity contribution is 5.94. The Morgan fingerprint density at radius 3 is 2.35 bits per heavy atom. The second-order valence-electron chi connectivity index (χ2n) is 6.19. The van der Waals surface area contributed by atoms with Crippen LogP contribution in [0.25, 0.3) is 0 Å². The molecule has 4 N–H and O–H groups in total. The topological polar surface area (TPSA) is 84.2 Å². The third kappa shape index (κ3) is 6.59. The molecule has 1 fully saturated rings. The molecule has 1 aromatic carbocycles. The van der Waals surface area contributed by atoms with Crippen molar-refractivity contribution < 1.29 is 9.59 Å². The normalized spacial score (nSPS) is 16.0. The number of benzene rings is 1. The van der Waals surface area contributed by atoms with Gasteiger partial charge in [-0.2, -0.15) is 0 Å². The van der Waals surface area contributed by atoms with Crippen LogP contribution in [0.4, 0.5) is 5.69 Å². The van der Waals surface area contributed by atoms with Gasteiger partial charge in [-0.25, -0.2) is 0 Å². The Balaban J connectivity index is 0.00000264. The minimum absolute atomic E-state index is 0. The molecule has 0 heterocycles. The Morgan fingerprint density at radius 2 is 1.83 bits per heavy atom. The van der Waals surface area contributed by atoms with E-state index in [4.69, 9.17) is 5.73 Å². The average molecular weight is 340 g/mol. The van der Waals surface area contributed by atoms with Crippen LogP contribution in [0.1, 0.15) is 51.1 Å². The summed E-state index contributed by atoms with van der Waals surface area (Å²) < 4.78 is 0. The van der Waals surface area contributed by atoms with Gasteiger partial charge in [0, 0.05) is 24.1 Å². The van der Waals surface area contributed by atoms with Crippen molar-refractivity contribution in [2.24, 2.45) is 11.7 Å². The van der Waals surface area contributed by atoms with E-state index in [1.165, 1.54) is 0 Å². The number of halogens is 1. The molecule has 2 unspecified atom stereocenters. The van der Waals surface area contributed by atoms with Crippen molar-refractivity contribution in [1.29, 1.82) is 0 Å². The van der Waals surface area contributed by atoms with Crippen molar-refractivity contribution in [3.63, 3.8) is 0 Å². The van der Waals surface area contributed by atoms with Gasteiger partial charge in [-0.05, 0) is 50.8 Å². The van der Waals surface area contributed by atoms with Gasteiger partial charge < -0.3 is 16.4 Å². The number of rotatable bonds is 7. The summed E-state index contributed by atoms with van der Waals surface area (Å²) in [5, 5.41) is 5.86. The molecule has 23 heavy (non-hydrogen) atoms. The molecule has 1 saturated carbocycles. The van der Waals surface area contributed by atoms with Gasteiger partial charge in [0.05, 0.1) is 6.04 Å². The molecule has 1 aromatic rings. The van der Waals surface area contributed by atoms with Crippen LogP contribution >= 0.6 is 12.4 Å². The van der Waals surface area contributed by atoms with E-state index >= 15 is 0 Å². The summed E-state index contributed by atoms with van der Waals surface area (Å²) in [5.74, 6) is 0.309. The van der Waals surface area contributed by atoms with E-state index < -0.39 is 0 Å². The van der Waals surface area contributed by atoms with Crippen LogP contribution in [0.5, 0.6) is 0 Å². The summed E-state index contributed by atoms with van der Waals surface area (Å²) in [7, 11) is 0. The maximum absolute atomic E-state index is 11.8. The second kappa shape index (κ2) is 8.89. The molecule has 0 bridgehead atoms. The number of carbonyl (C=O) groups is 2. The number of nitrogens with two attached hydrogens (primary N) is 1. The number of anilines is 1. The first-order valence-electron chi connectivity index (χ1n) is 7.91. The van der Waals surface area contributed by atoms with E-state index in [0.717, 1.165) is 24.1 Å². The van der Waals surface area contributed by atoms with Gasteiger partial charge in [-0.3, -0.25) is 9.59 Å². The summed E-state index contributed by atoms with van der Waals surface area (Å²) in [5.41, 5.74) is 7.46.